The van der Waals surface area contributed by atoms with E-state index in [1.807, 2.05) is 6.92 Å². The van der Waals surface area contributed by atoms with Crippen LogP contribution in [0.2, 0.25) is 0 Å². The van der Waals surface area contributed by atoms with E-state index in [0.29, 0.717) is 24.0 Å². The lowest BCUT2D eigenvalue weighted by Gasteiger charge is -2.00. The second kappa shape index (κ2) is 2.91. The lowest BCUT2D eigenvalue weighted by atomic mass is 10.1. The van der Waals surface area contributed by atoms with Crippen LogP contribution < -0.4 is 0 Å². The molecule has 82 valence electrons. The van der Waals surface area contributed by atoms with Crippen LogP contribution in [-0.4, -0.2) is 23.8 Å². The zero-order valence-electron chi connectivity index (χ0n) is 9.10. The summed E-state index contributed by atoms with van der Waals surface area (Å²) in [5.41, 5.74) is 0. The molecule has 0 radical (unpaired) electrons. The molecule has 0 bridgehead atoms. The van der Waals surface area contributed by atoms with Crippen molar-refractivity contribution in [2.75, 3.05) is 0 Å². The summed E-state index contributed by atoms with van der Waals surface area (Å²) < 4.78 is 5.72. The number of ketones is 2. The molecular weight excluding hydrogens is 192 g/mol. The van der Waals surface area contributed by atoms with Crippen LogP contribution in [0.4, 0.5) is 0 Å². The number of ether oxygens (including phenoxy) is 1. The molecule has 0 N–H and O–H groups in total. The fraction of sp³-hybridized carbons (Fsp3) is 0.833. The third-order valence-electron chi connectivity index (χ3n) is 4.11. The summed E-state index contributed by atoms with van der Waals surface area (Å²) >= 11 is 0. The van der Waals surface area contributed by atoms with E-state index in [-0.39, 0.29) is 29.8 Å². The second-order valence-corrected chi connectivity index (χ2v) is 5.10. The monoisotopic (exact) mass is 208 g/mol. The Labute approximate surface area is 89.2 Å². The van der Waals surface area contributed by atoms with Crippen LogP contribution in [0.25, 0.3) is 0 Å². The smallest absolute Gasteiger partial charge is 0.138 e. The van der Waals surface area contributed by atoms with E-state index in [1.54, 1.807) is 6.92 Å². The SMILES string of the molecule is CCCC(=O)[C@@H]1[C@H]2O[C@@H]3[C@@H](C(C)=O)[C@@H]3[C@H]21. The van der Waals surface area contributed by atoms with Gasteiger partial charge in [0.15, 0.2) is 0 Å². The minimum Gasteiger partial charge on any atom is -0.373 e. The van der Waals surface area contributed by atoms with Gasteiger partial charge in [0, 0.05) is 30.1 Å². The quantitative estimate of drug-likeness (QED) is 0.697. The van der Waals surface area contributed by atoms with E-state index in [1.165, 1.54) is 0 Å². The van der Waals surface area contributed by atoms with Crippen molar-refractivity contribution in [3.63, 3.8) is 0 Å². The van der Waals surface area contributed by atoms with Gasteiger partial charge in [0.25, 0.3) is 0 Å². The molecule has 2 saturated carbocycles. The summed E-state index contributed by atoms with van der Waals surface area (Å²) in [4.78, 5) is 22.9. The third kappa shape index (κ3) is 1.16. The molecule has 1 saturated heterocycles. The Morgan fingerprint density at radius 2 is 1.73 bits per heavy atom. The van der Waals surface area contributed by atoms with Gasteiger partial charge in [0.2, 0.25) is 0 Å². The van der Waals surface area contributed by atoms with Crippen LogP contribution >= 0.6 is 0 Å². The van der Waals surface area contributed by atoms with Gasteiger partial charge in [-0.1, -0.05) is 6.92 Å². The molecule has 3 heteroatoms. The van der Waals surface area contributed by atoms with E-state index >= 15 is 0 Å². The summed E-state index contributed by atoms with van der Waals surface area (Å²) in [6, 6.07) is 0. The fourth-order valence-corrected chi connectivity index (χ4v) is 3.37. The van der Waals surface area contributed by atoms with Crippen molar-refractivity contribution in [3.05, 3.63) is 0 Å². The summed E-state index contributed by atoms with van der Waals surface area (Å²) in [6.45, 7) is 3.65. The molecule has 0 spiro atoms. The first-order valence-corrected chi connectivity index (χ1v) is 5.85. The first kappa shape index (κ1) is 9.52. The van der Waals surface area contributed by atoms with Gasteiger partial charge >= 0.3 is 0 Å². The molecule has 0 aromatic rings. The van der Waals surface area contributed by atoms with Gasteiger partial charge in [-0.2, -0.15) is 0 Å². The van der Waals surface area contributed by atoms with E-state index in [9.17, 15) is 9.59 Å². The van der Waals surface area contributed by atoms with Crippen LogP contribution in [0.5, 0.6) is 0 Å². The topological polar surface area (TPSA) is 43.4 Å². The molecular formula is C12H16O3. The van der Waals surface area contributed by atoms with E-state index in [2.05, 4.69) is 0 Å². The minimum absolute atomic E-state index is 0.116. The standard InChI is InChI=1S/C12H16O3/c1-3-4-6(14)8-10-9-7(5(2)13)11(9)15-12(8)10/h7-12H,3-4H2,1-2H3/t7-,8-,9+,10+,11+,12+/m0/s1. The lowest BCUT2D eigenvalue weighted by Crippen LogP contribution is -2.10. The summed E-state index contributed by atoms with van der Waals surface area (Å²) in [7, 11) is 0. The van der Waals surface area contributed by atoms with Gasteiger partial charge in [0.1, 0.15) is 11.6 Å². The summed E-state index contributed by atoms with van der Waals surface area (Å²) in [5, 5.41) is 0. The molecule has 0 amide bonds. The van der Waals surface area contributed by atoms with Crippen molar-refractivity contribution in [2.45, 2.75) is 38.9 Å². The Balaban J connectivity index is 1.63. The first-order valence-electron chi connectivity index (χ1n) is 5.85. The van der Waals surface area contributed by atoms with Crippen molar-refractivity contribution in [1.82, 2.24) is 0 Å². The molecule has 3 aliphatic rings. The van der Waals surface area contributed by atoms with Crippen LogP contribution in [-0.2, 0) is 14.3 Å². The van der Waals surface area contributed by atoms with Gasteiger partial charge in [-0.3, -0.25) is 9.59 Å². The average molecular weight is 208 g/mol. The number of carbonyl (C=O) groups excluding carboxylic acids is 2. The minimum atomic E-state index is 0.116. The van der Waals surface area contributed by atoms with Gasteiger partial charge in [0.05, 0.1) is 12.2 Å². The molecule has 0 aromatic heterocycles. The highest BCUT2D eigenvalue weighted by atomic mass is 16.5. The van der Waals surface area contributed by atoms with Gasteiger partial charge < -0.3 is 4.74 Å². The number of carbonyl (C=O) groups is 2. The summed E-state index contributed by atoms with van der Waals surface area (Å²) in [6.07, 6.45) is 1.93. The Hall–Kier alpha value is -0.700. The van der Waals surface area contributed by atoms with Gasteiger partial charge in [-0.25, -0.2) is 0 Å². The van der Waals surface area contributed by atoms with Crippen molar-refractivity contribution < 1.29 is 14.3 Å². The Bertz CT molecular complexity index is 336. The van der Waals surface area contributed by atoms with Crippen molar-refractivity contribution in [3.8, 4) is 0 Å². The molecule has 2 aliphatic carbocycles. The number of rotatable bonds is 4. The number of fused-ring (bicyclic) bond motifs is 3. The average Bonchev–Trinajstić information content (AvgIpc) is 3.02. The Morgan fingerprint density at radius 3 is 2.33 bits per heavy atom. The highest BCUT2D eigenvalue weighted by Crippen LogP contribution is 2.68. The molecule has 0 aromatic carbocycles. The zero-order valence-corrected chi connectivity index (χ0v) is 9.10. The maximum Gasteiger partial charge on any atom is 0.138 e. The molecule has 3 nitrogen and oxygen atoms in total. The lowest BCUT2D eigenvalue weighted by molar-refractivity contribution is -0.121. The predicted octanol–water partition coefficient (Wildman–Crippen LogP) is 1.20. The van der Waals surface area contributed by atoms with E-state index in [0.717, 1.165) is 6.42 Å². The van der Waals surface area contributed by atoms with Crippen molar-refractivity contribution in [1.29, 1.82) is 0 Å². The maximum absolute atomic E-state index is 11.7. The van der Waals surface area contributed by atoms with Crippen molar-refractivity contribution >= 4 is 11.6 Å². The molecule has 3 rings (SSSR count). The van der Waals surface area contributed by atoms with Gasteiger partial charge in [-0.05, 0) is 13.3 Å². The van der Waals surface area contributed by atoms with E-state index < -0.39 is 0 Å². The third-order valence-corrected chi connectivity index (χ3v) is 4.11. The predicted molar refractivity (Wildman–Crippen MR) is 53.2 cm³/mol. The molecule has 0 unspecified atom stereocenters. The fourth-order valence-electron chi connectivity index (χ4n) is 3.37. The summed E-state index contributed by atoms with van der Waals surface area (Å²) in [5.74, 6) is 1.61. The number of hydrogen-bond acceptors (Lipinski definition) is 3. The highest BCUT2D eigenvalue weighted by Gasteiger charge is 2.77. The molecule has 1 heterocycles. The molecule has 15 heavy (non-hydrogen) atoms. The van der Waals surface area contributed by atoms with Crippen LogP contribution in [0.1, 0.15) is 26.7 Å². The van der Waals surface area contributed by atoms with Crippen molar-refractivity contribution in [2.24, 2.45) is 23.7 Å². The van der Waals surface area contributed by atoms with Crippen LogP contribution in [0.15, 0.2) is 0 Å². The normalized spacial score (nSPS) is 49.5. The largest absolute Gasteiger partial charge is 0.373 e. The highest BCUT2D eigenvalue weighted by molar-refractivity contribution is 5.88. The Kier molecular flexibility index (Phi) is 1.85. The number of Topliss-reactive ketones (excluding diaryl/α,β-unsaturated/α-hetero) is 2. The zero-order chi connectivity index (χ0) is 10.7. The maximum atomic E-state index is 11.7. The van der Waals surface area contributed by atoms with E-state index in [4.69, 9.17) is 4.74 Å². The van der Waals surface area contributed by atoms with Crippen LogP contribution in [0, 0.1) is 23.7 Å². The molecule has 6 atom stereocenters. The second-order valence-electron chi connectivity index (χ2n) is 5.10. The van der Waals surface area contributed by atoms with Crippen LogP contribution in [0.3, 0.4) is 0 Å². The molecule has 3 fully saturated rings. The Morgan fingerprint density at radius 1 is 1.13 bits per heavy atom. The molecule has 1 aliphatic heterocycles. The van der Waals surface area contributed by atoms with Gasteiger partial charge in [-0.15, -0.1) is 0 Å². The first-order chi connectivity index (χ1) is 7.16. The number of hydrogen-bond donors (Lipinski definition) is 0.